The van der Waals surface area contributed by atoms with Crippen LogP contribution in [0.3, 0.4) is 0 Å². The number of phenols is 1. The number of aryl methyl sites for hydroxylation is 1. The number of alkyl halides is 1. The zero-order valence-corrected chi connectivity index (χ0v) is 23.5. The Morgan fingerprint density at radius 1 is 1.17 bits per heavy atom. The van der Waals surface area contributed by atoms with Gasteiger partial charge in [-0.2, -0.15) is 9.97 Å². The summed E-state index contributed by atoms with van der Waals surface area (Å²) in [5, 5.41) is 22.2. The predicted octanol–water partition coefficient (Wildman–Crippen LogP) is 4.92. The van der Waals surface area contributed by atoms with Crippen LogP contribution in [0.5, 0.6) is 11.8 Å². The van der Waals surface area contributed by atoms with Crippen LogP contribution in [0.4, 0.5) is 19.0 Å². The van der Waals surface area contributed by atoms with Crippen LogP contribution >= 0.6 is 0 Å². The van der Waals surface area contributed by atoms with E-state index >= 15 is 4.39 Å². The second kappa shape index (κ2) is 9.67. The van der Waals surface area contributed by atoms with E-state index < -0.39 is 28.9 Å². The van der Waals surface area contributed by atoms with Crippen molar-refractivity contribution < 1.29 is 28.1 Å². The number of hydrogen-bond donors (Lipinski definition) is 2. The molecule has 4 aromatic rings. The summed E-state index contributed by atoms with van der Waals surface area (Å²) in [5.41, 5.74) is -0.868. The van der Waals surface area contributed by atoms with Gasteiger partial charge in [0.1, 0.15) is 41.4 Å². The second-order valence-corrected chi connectivity index (χ2v) is 12.2. The van der Waals surface area contributed by atoms with E-state index in [1.165, 1.54) is 24.4 Å². The average Bonchev–Trinajstić information content (AvgIpc) is 3.46. The van der Waals surface area contributed by atoms with Crippen molar-refractivity contribution in [1.29, 1.82) is 0 Å². The highest BCUT2D eigenvalue weighted by Gasteiger charge is 2.49. The predicted molar refractivity (Wildman–Crippen MR) is 153 cm³/mol. The van der Waals surface area contributed by atoms with Gasteiger partial charge >= 0.3 is 6.01 Å². The highest BCUT2D eigenvalue weighted by molar-refractivity contribution is 6.01. The van der Waals surface area contributed by atoms with Crippen molar-refractivity contribution >= 4 is 27.5 Å². The van der Waals surface area contributed by atoms with E-state index in [2.05, 4.69) is 19.9 Å². The van der Waals surface area contributed by atoms with E-state index in [9.17, 15) is 19.0 Å². The summed E-state index contributed by atoms with van der Waals surface area (Å²) in [6, 6.07) is 5.72. The molecule has 5 heterocycles. The number of aromatic nitrogens is 3. The average molecular weight is 580 g/mol. The molecule has 0 aliphatic carbocycles. The number of benzene rings is 2. The maximum Gasteiger partial charge on any atom is 0.319 e. The Morgan fingerprint density at radius 2 is 1.98 bits per heavy atom. The number of halogens is 3. The first kappa shape index (κ1) is 27.2. The fraction of sp³-hybridized carbons (Fsp3) is 0.452. The quantitative estimate of drug-likeness (QED) is 0.333. The number of nitrogens with zero attached hydrogens (tertiary/aromatic N) is 5. The minimum atomic E-state index is -0.925. The van der Waals surface area contributed by atoms with Crippen molar-refractivity contribution in [3.63, 3.8) is 0 Å². The van der Waals surface area contributed by atoms with E-state index in [0.29, 0.717) is 46.9 Å². The van der Waals surface area contributed by atoms with E-state index in [0.717, 1.165) is 19.4 Å². The van der Waals surface area contributed by atoms with Gasteiger partial charge in [-0.1, -0.05) is 13.0 Å². The molecule has 0 amide bonds. The smallest absolute Gasteiger partial charge is 0.319 e. The standard InChI is InChI=1S/C31H32F3N5O3/c1-3-20-23(33)6-5-17-9-19(40)10-21(24(17)20)26-25(34)27-22(12-35-26)28(38-14-30(2,41)15-38)37-29(36-27)42-16-31-7-4-8-39(31)13-18(32)11-31/h5-6,9-10,12,18,40-41H,3-4,7-8,11,13-16H2,1-2H3/t18-,31+/m1/s1. The van der Waals surface area contributed by atoms with E-state index in [4.69, 9.17) is 4.74 Å². The minimum absolute atomic E-state index is 0.0481. The molecule has 220 valence electrons. The third-order valence-electron chi connectivity index (χ3n) is 9.00. The Kier molecular flexibility index (Phi) is 6.25. The molecule has 3 fully saturated rings. The fourth-order valence-corrected chi connectivity index (χ4v) is 7.12. The molecule has 2 N–H and O–H groups in total. The lowest BCUT2D eigenvalue weighted by atomic mass is 9.94. The number of phenolic OH excluding ortho intramolecular Hbond substituents is 1. The van der Waals surface area contributed by atoms with Crippen LogP contribution in [-0.2, 0) is 6.42 Å². The molecule has 0 spiro atoms. The highest BCUT2D eigenvalue weighted by Crippen LogP contribution is 2.42. The van der Waals surface area contributed by atoms with Gasteiger partial charge in [0.15, 0.2) is 5.82 Å². The van der Waals surface area contributed by atoms with E-state index in [-0.39, 0.29) is 48.2 Å². The molecule has 0 unspecified atom stereocenters. The lowest BCUT2D eigenvalue weighted by Gasteiger charge is -2.45. The molecule has 3 aliphatic heterocycles. The van der Waals surface area contributed by atoms with Crippen molar-refractivity contribution in [2.45, 2.75) is 56.8 Å². The van der Waals surface area contributed by atoms with Gasteiger partial charge in [0.2, 0.25) is 0 Å². The fourth-order valence-electron chi connectivity index (χ4n) is 7.12. The number of anilines is 1. The summed E-state index contributed by atoms with van der Waals surface area (Å²) in [5.74, 6) is -0.926. The maximum absolute atomic E-state index is 16.5. The van der Waals surface area contributed by atoms with Crippen LogP contribution in [-0.4, -0.2) is 80.2 Å². The molecule has 2 aromatic heterocycles. The molecule has 0 saturated carbocycles. The van der Waals surface area contributed by atoms with E-state index in [1.54, 1.807) is 17.9 Å². The minimum Gasteiger partial charge on any atom is -0.508 e. The van der Waals surface area contributed by atoms with Crippen LogP contribution in [0.2, 0.25) is 0 Å². The largest absolute Gasteiger partial charge is 0.508 e. The molecule has 3 saturated heterocycles. The normalized spacial score (nSPS) is 23.5. The number of aromatic hydroxyl groups is 1. The number of hydrogen-bond acceptors (Lipinski definition) is 8. The SMILES string of the molecule is CCc1c(F)ccc2cc(O)cc(-c3ncc4c(N5CC(C)(O)C5)nc(OC[C@@]56CCCN5C[C@H](F)C6)nc4c3F)c12. The lowest BCUT2D eigenvalue weighted by molar-refractivity contribution is 0.0305. The Balaban J connectivity index is 1.37. The first-order valence-electron chi connectivity index (χ1n) is 14.4. The van der Waals surface area contributed by atoms with E-state index in [1.807, 2.05) is 6.92 Å². The molecule has 2 aromatic carbocycles. The summed E-state index contributed by atoms with van der Waals surface area (Å²) in [4.78, 5) is 17.4. The van der Waals surface area contributed by atoms with Crippen molar-refractivity contribution in [3.05, 3.63) is 47.7 Å². The van der Waals surface area contributed by atoms with Crippen LogP contribution in [0, 0.1) is 11.6 Å². The molecule has 0 bridgehead atoms. The van der Waals surface area contributed by atoms with Crippen molar-refractivity contribution in [3.8, 4) is 23.0 Å². The van der Waals surface area contributed by atoms with Gasteiger partial charge in [-0.25, -0.2) is 13.2 Å². The molecule has 0 radical (unpaired) electrons. The maximum atomic E-state index is 16.5. The molecule has 11 heteroatoms. The van der Waals surface area contributed by atoms with Crippen molar-refractivity contribution in [2.75, 3.05) is 37.7 Å². The van der Waals surface area contributed by atoms with Gasteiger partial charge in [-0.15, -0.1) is 0 Å². The van der Waals surface area contributed by atoms with Gasteiger partial charge in [0.25, 0.3) is 0 Å². The Labute approximate surface area is 240 Å². The molecular weight excluding hydrogens is 547 g/mol. The summed E-state index contributed by atoms with van der Waals surface area (Å²) in [6.07, 6.45) is 3.01. The van der Waals surface area contributed by atoms with Gasteiger partial charge in [-0.05, 0) is 67.3 Å². The molecule has 7 rings (SSSR count). The Hall–Kier alpha value is -3.70. The zero-order valence-electron chi connectivity index (χ0n) is 23.5. The number of aliphatic hydroxyl groups is 1. The Bertz CT molecular complexity index is 1730. The zero-order chi connectivity index (χ0) is 29.4. The van der Waals surface area contributed by atoms with Crippen LogP contribution < -0.4 is 9.64 Å². The third kappa shape index (κ3) is 4.32. The van der Waals surface area contributed by atoms with Crippen LogP contribution in [0.25, 0.3) is 32.9 Å². The molecule has 3 aliphatic rings. The third-order valence-corrected chi connectivity index (χ3v) is 9.00. The van der Waals surface area contributed by atoms with Gasteiger partial charge in [0.05, 0.1) is 16.5 Å². The second-order valence-electron chi connectivity index (χ2n) is 12.2. The monoisotopic (exact) mass is 579 g/mol. The van der Waals surface area contributed by atoms with Gasteiger partial charge in [-0.3, -0.25) is 9.88 Å². The number of pyridine rings is 1. The highest BCUT2D eigenvalue weighted by atomic mass is 19.1. The number of ether oxygens (including phenoxy) is 1. The summed E-state index contributed by atoms with van der Waals surface area (Å²) in [6.45, 7) is 5.42. The number of β-amino-alcohol motifs (C(OH)–C–C–N with tert-alkyl or cyclic N) is 1. The molecule has 2 atom stereocenters. The first-order chi connectivity index (χ1) is 20.1. The van der Waals surface area contributed by atoms with Gasteiger partial charge < -0.3 is 19.8 Å². The topological polar surface area (TPSA) is 94.8 Å². The lowest BCUT2D eigenvalue weighted by Crippen LogP contribution is -2.60. The number of rotatable bonds is 6. The Morgan fingerprint density at radius 3 is 2.74 bits per heavy atom. The molecular formula is C31H32F3N5O3. The molecule has 42 heavy (non-hydrogen) atoms. The van der Waals surface area contributed by atoms with Crippen molar-refractivity contribution in [2.24, 2.45) is 0 Å². The van der Waals surface area contributed by atoms with Crippen molar-refractivity contribution in [1.82, 2.24) is 19.9 Å². The molecule has 8 nitrogen and oxygen atoms in total. The number of fused-ring (bicyclic) bond motifs is 3. The summed E-state index contributed by atoms with van der Waals surface area (Å²) >= 11 is 0. The summed E-state index contributed by atoms with van der Waals surface area (Å²) in [7, 11) is 0. The first-order valence-corrected chi connectivity index (χ1v) is 14.4. The van der Waals surface area contributed by atoms with Gasteiger partial charge in [0, 0.05) is 37.8 Å². The van der Waals surface area contributed by atoms with Crippen LogP contribution in [0.15, 0.2) is 30.5 Å². The summed E-state index contributed by atoms with van der Waals surface area (Å²) < 4.78 is 51.8. The van der Waals surface area contributed by atoms with Crippen LogP contribution in [0.1, 0.15) is 38.7 Å².